The highest BCUT2D eigenvalue weighted by atomic mass is 79.9. The van der Waals surface area contributed by atoms with Gasteiger partial charge in [-0.15, -0.1) is 0 Å². The number of hydrogen-bond donors (Lipinski definition) is 1. The summed E-state index contributed by atoms with van der Waals surface area (Å²) in [5.74, 6) is 2.35. The number of carbonyl (C=O) groups is 2. The number of allylic oxidation sites excluding steroid dienone is 1. The largest absolute Gasteiger partial charge is 0.458 e. The summed E-state index contributed by atoms with van der Waals surface area (Å²) in [5, 5.41) is 11.7. The SMILES string of the molecule is CC(C)CC(=O)C[C@](C)(O)[C@H]1CC[C@H]2[C@@H]3CC=C4C[C@@H](OC(=O)c5ccc(Br)cc5)CC[C@]4(C)[C@H]3CC[C@@]21C. The first kappa shape index (κ1) is 29.0. The number of benzene rings is 1. The van der Waals surface area contributed by atoms with Crippen molar-refractivity contribution in [2.45, 2.75) is 111 Å². The molecule has 5 heteroatoms. The Hall–Kier alpha value is -1.46. The fourth-order valence-corrected chi connectivity index (χ4v) is 9.87. The molecule has 8 atom stereocenters. The Morgan fingerprint density at radius 2 is 1.79 bits per heavy atom. The van der Waals surface area contributed by atoms with Crippen LogP contribution in [-0.4, -0.2) is 28.6 Å². The molecule has 3 saturated carbocycles. The van der Waals surface area contributed by atoms with Gasteiger partial charge in [0.05, 0.1) is 11.2 Å². The van der Waals surface area contributed by atoms with Gasteiger partial charge in [0.15, 0.2) is 0 Å². The molecule has 0 aliphatic heterocycles. The zero-order valence-electron chi connectivity index (χ0n) is 24.5. The van der Waals surface area contributed by atoms with Crippen molar-refractivity contribution in [1.82, 2.24) is 0 Å². The van der Waals surface area contributed by atoms with Crippen molar-refractivity contribution < 1.29 is 19.4 Å². The summed E-state index contributed by atoms with van der Waals surface area (Å²) in [7, 11) is 0. The summed E-state index contributed by atoms with van der Waals surface area (Å²) < 4.78 is 6.94. The van der Waals surface area contributed by atoms with Gasteiger partial charge in [-0.05, 0) is 117 Å². The average molecular weight is 600 g/mol. The van der Waals surface area contributed by atoms with Gasteiger partial charge in [0.2, 0.25) is 0 Å². The van der Waals surface area contributed by atoms with Crippen molar-refractivity contribution >= 4 is 27.7 Å². The summed E-state index contributed by atoms with van der Waals surface area (Å²) in [4.78, 5) is 25.5. The molecule has 0 heterocycles. The third-order valence-corrected chi connectivity index (χ3v) is 11.9. The molecule has 0 aromatic heterocycles. The molecule has 0 saturated heterocycles. The van der Waals surface area contributed by atoms with Crippen LogP contribution in [0, 0.1) is 40.4 Å². The molecule has 0 spiro atoms. The maximum absolute atomic E-state index is 12.8. The molecule has 214 valence electrons. The Morgan fingerprint density at radius 3 is 2.49 bits per heavy atom. The lowest BCUT2D eigenvalue weighted by molar-refractivity contribution is -0.133. The Balaban J connectivity index is 1.28. The Labute approximate surface area is 243 Å². The summed E-state index contributed by atoms with van der Waals surface area (Å²) in [6, 6.07) is 7.39. The second-order valence-corrected chi connectivity index (χ2v) is 15.3. The van der Waals surface area contributed by atoms with E-state index in [-0.39, 0.29) is 41.0 Å². The number of Topliss-reactive ketones (excluding diaryl/α,β-unsaturated/α-hetero) is 1. The van der Waals surface area contributed by atoms with Gasteiger partial charge in [-0.2, -0.15) is 0 Å². The lowest BCUT2D eigenvalue weighted by Gasteiger charge is -2.59. The molecular formula is C34H47BrO4. The van der Waals surface area contributed by atoms with Gasteiger partial charge in [0.25, 0.3) is 0 Å². The monoisotopic (exact) mass is 598 g/mol. The quantitative estimate of drug-likeness (QED) is 0.253. The standard InChI is InChI=1S/C34H47BrO4/c1-21(2)18-25(36)20-34(5,38)30-13-12-28-27-11-8-23-19-26(39-31(37)22-6-9-24(35)10-7-22)14-16-32(23,3)29(27)15-17-33(28,30)4/h6-10,21,26-30,38H,11-20H2,1-5H3/t26-,27-,28-,29-,30-,32-,33-,34-/m0/s1. The first-order valence-corrected chi connectivity index (χ1v) is 16.0. The second-order valence-electron chi connectivity index (χ2n) is 14.4. The minimum atomic E-state index is -0.932. The number of carbonyl (C=O) groups excluding carboxylic acids is 2. The molecule has 1 aromatic rings. The first-order valence-electron chi connectivity index (χ1n) is 15.2. The molecule has 1 N–H and O–H groups in total. The van der Waals surface area contributed by atoms with Crippen molar-refractivity contribution in [2.75, 3.05) is 0 Å². The third-order valence-electron chi connectivity index (χ3n) is 11.4. The van der Waals surface area contributed by atoms with E-state index in [1.165, 1.54) is 12.0 Å². The lowest BCUT2D eigenvalue weighted by Crippen LogP contribution is -2.53. The lowest BCUT2D eigenvalue weighted by atomic mass is 9.46. The predicted octanol–water partition coefficient (Wildman–Crippen LogP) is 8.31. The Kier molecular flexibility index (Phi) is 8.00. The molecule has 0 amide bonds. The van der Waals surface area contributed by atoms with E-state index in [0.29, 0.717) is 35.7 Å². The van der Waals surface area contributed by atoms with Gasteiger partial charge in [-0.25, -0.2) is 4.79 Å². The molecule has 0 radical (unpaired) electrons. The number of ether oxygens (including phenoxy) is 1. The molecule has 4 nitrogen and oxygen atoms in total. The second kappa shape index (κ2) is 10.7. The Bertz CT molecular complexity index is 1120. The molecule has 0 unspecified atom stereocenters. The Morgan fingerprint density at radius 1 is 1.08 bits per heavy atom. The van der Waals surface area contributed by atoms with Gasteiger partial charge in [0.1, 0.15) is 11.9 Å². The van der Waals surface area contributed by atoms with E-state index < -0.39 is 5.60 Å². The van der Waals surface area contributed by atoms with Crippen LogP contribution in [0.1, 0.15) is 109 Å². The number of esters is 1. The topological polar surface area (TPSA) is 63.6 Å². The van der Waals surface area contributed by atoms with Crippen LogP contribution in [0.3, 0.4) is 0 Å². The van der Waals surface area contributed by atoms with Crippen LogP contribution in [-0.2, 0) is 9.53 Å². The van der Waals surface area contributed by atoms with Crippen molar-refractivity contribution in [3.8, 4) is 0 Å². The third kappa shape index (κ3) is 5.44. The van der Waals surface area contributed by atoms with Gasteiger partial charge in [-0.3, -0.25) is 4.79 Å². The van der Waals surface area contributed by atoms with E-state index in [0.717, 1.165) is 49.4 Å². The summed E-state index contributed by atoms with van der Waals surface area (Å²) in [6.45, 7) is 11.0. The van der Waals surface area contributed by atoms with Crippen LogP contribution in [0.5, 0.6) is 0 Å². The van der Waals surface area contributed by atoms with E-state index in [1.807, 2.05) is 31.2 Å². The fourth-order valence-electron chi connectivity index (χ4n) is 9.60. The zero-order valence-corrected chi connectivity index (χ0v) is 26.1. The van der Waals surface area contributed by atoms with Crippen molar-refractivity contribution in [3.05, 3.63) is 46.0 Å². The number of aliphatic hydroxyl groups is 1. The molecule has 5 rings (SSSR count). The summed E-state index contributed by atoms with van der Waals surface area (Å²) in [5.41, 5.74) is 1.42. The van der Waals surface area contributed by atoms with E-state index in [9.17, 15) is 14.7 Å². The minimum absolute atomic E-state index is 0.0554. The van der Waals surface area contributed by atoms with Gasteiger partial charge < -0.3 is 9.84 Å². The van der Waals surface area contributed by atoms with Gasteiger partial charge in [0, 0.05) is 23.7 Å². The molecule has 1 aromatic carbocycles. The number of halogens is 1. The fraction of sp³-hybridized carbons (Fsp3) is 0.706. The molecular weight excluding hydrogens is 552 g/mol. The van der Waals surface area contributed by atoms with E-state index >= 15 is 0 Å². The van der Waals surface area contributed by atoms with Crippen LogP contribution in [0.4, 0.5) is 0 Å². The average Bonchev–Trinajstić information content (AvgIpc) is 3.22. The summed E-state index contributed by atoms with van der Waals surface area (Å²) >= 11 is 3.43. The molecule has 4 aliphatic carbocycles. The zero-order chi connectivity index (χ0) is 28.2. The highest BCUT2D eigenvalue weighted by Crippen LogP contribution is 2.67. The van der Waals surface area contributed by atoms with E-state index in [2.05, 4.69) is 49.7 Å². The van der Waals surface area contributed by atoms with Crippen LogP contribution in [0.2, 0.25) is 0 Å². The van der Waals surface area contributed by atoms with Crippen LogP contribution in [0.15, 0.2) is 40.4 Å². The molecule has 39 heavy (non-hydrogen) atoms. The first-order chi connectivity index (χ1) is 18.3. The van der Waals surface area contributed by atoms with Crippen LogP contribution < -0.4 is 0 Å². The number of rotatable bonds is 7. The van der Waals surface area contributed by atoms with Crippen LogP contribution in [0.25, 0.3) is 0 Å². The number of hydrogen-bond acceptors (Lipinski definition) is 4. The van der Waals surface area contributed by atoms with Gasteiger partial charge in [-0.1, -0.05) is 55.3 Å². The van der Waals surface area contributed by atoms with E-state index in [1.54, 1.807) is 0 Å². The smallest absolute Gasteiger partial charge is 0.338 e. The number of ketones is 1. The minimum Gasteiger partial charge on any atom is -0.458 e. The molecule has 0 bridgehead atoms. The maximum atomic E-state index is 12.8. The van der Waals surface area contributed by atoms with Crippen LogP contribution >= 0.6 is 15.9 Å². The number of fused-ring (bicyclic) bond motifs is 5. The van der Waals surface area contributed by atoms with Crippen molar-refractivity contribution in [1.29, 1.82) is 0 Å². The highest BCUT2D eigenvalue weighted by Gasteiger charge is 2.61. The maximum Gasteiger partial charge on any atom is 0.338 e. The summed E-state index contributed by atoms with van der Waals surface area (Å²) in [6.07, 6.45) is 11.7. The highest BCUT2D eigenvalue weighted by molar-refractivity contribution is 9.10. The normalized spacial score (nSPS) is 37.2. The van der Waals surface area contributed by atoms with Crippen molar-refractivity contribution in [3.63, 3.8) is 0 Å². The molecule has 4 aliphatic rings. The molecule has 3 fully saturated rings. The van der Waals surface area contributed by atoms with Gasteiger partial charge >= 0.3 is 5.97 Å². The predicted molar refractivity (Wildman–Crippen MR) is 158 cm³/mol. The van der Waals surface area contributed by atoms with E-state index in [4.69, 9.17) is 4.74 Å². The van der Waals surface area contributed by atoms with Crippen molar-refractivity contribution in [2.24, 2.45) is 40.4 Å².